The zero-order valence-electron chi connectivity index (χ0n) is 10.4. The molecule has 0 bridgehead atoms. The third kappa shape index (κ3) is 4.01. The predicted octanol–water partition coefficient (Wildman–Crippen LogP) is 0.0727. The van der Waals surface area contributed by atoms with Gasteiger partial charge >= 0.3 is 0 Å². The summed E-state index contributed by atoms with van der Waals surface area (Å²) in [5.74, 6) is 1.46. The number of hydrogen-bond acceptors (Lipinski definition) is 5. The number of nitrogens with two attached hydrogens (primary N) is 1. The molecule has 7 heteroatoms. The summed E-state index contributed by atoms with van der Waals surface area (Å²) in [7, 11) is 1.84. The number of nitrogens with zero attached hydrogens (tertiary/aromatic N) is 3. The molecule has 1 aromatic heterocycles. The molecule has 0 spiro atoms. The molecule has 1 amide bonds. The first-order valence-electron chi connectivity index (χ1n) is 5.45. The molecule has 17 heavy (non-hydrogen) atoms. The van der Waals surface area contributed by atoms with Crippen molar-refractivity contribution in [2.24, 2.45) is 12.8 Å². The van der Waals surface area contributed by atoms with Crippen LogP contribution in [0.25, 0.3) is 0 Å². The largest absolute Gasteiger partial charge is 0.345 e. The summed E-state index contributed by atoms with van der Waals surface area (Å²) in [5.41, 5.74) is 5.77. The highest BCUT2D eigenvalue weighted by Crippen LogP contribution is 2.08. The lowest BCUT2D eigenvalue weighted by atomic mass is 10.2. The summed E-state index contributed by atoms with van der Waals surface area (Å²) in [4.78, 5) is 11.8. The number of aromatic nitrogens is 3. The molecule has 0 aliphatic carbocycles. The van der Waals surface area contributed by atoms with Crippen LogP contribution in [0.3, 0.4) is 0 Å². The van der Waals surface area contributed by atoms with Crippen molar-refractivity contribution in [3.63, 3.8) is 0 Å². The number of carbonyl (C=O) groups excluding carboxylic acids is 1. The van der Waals surface area contributed by atoms with E-state index in [9.17, 15) is 4.79 Å². The van der Waals surface area contributed by atoms with Gasteiger partial charge in [-0.15, -0.1) is 10.2 Å². The van der Waals surface area contributed by atoms with Crippen LogP contribution in [0.5, 0.6) is 0 Å². The van der Waals surface area contributed by atoms with Crippen molar-refractivity contribution >= 4 is 17.7 Å². The Bertz CT molecular complexity index is 367. The average Bonchev–Trinajstić information content (AvgIpc) is 2.72. The standard InChI is InChI=1S/C10H19N5OS/c1-7(9-14-12-6-15(9)2)13-10(16)8(11)4-5-17-3/h6-8H,4-5,11H2,1-3H3,(H,13,16)/t7?,8-/m0/s1. The first-order chi connectivity index (χ1) is 8.06. The van der Waals surface area contributed by atoms with E-state index >= 15 is 0 Å². The highest BCUT2D eigenvalue weighted by Gasteiger charge is 2.18. The number of aryl methyl sites for hydroxylation is 1. The molecule has 0 fully saturated rings. The Hall–Kier alpha value is -1.08. The second-order valence-corrected chi connectivity index (χ2v) is 4.90. The van der Waals surface area contributed by atoms with E-state index in [1.54, 1.807) is 22.7 Å². The molecule has 2 atom stereocenters. The molecule has 3 N–H and O–H groups in total. The Morgan fingerprint density at radius 1 is 1.71 bits per heavy atom. The summed E-state index contributed by atoms with van der Waals surface area (Å²) in [6, 6.07) is -0.645. The Labute approximate surface area is 105 Å². The zero-order chi connectivity index (χ0) is 12.8. The normalized spacial score (nSPS) is 14.4. The van der Waals surface area contributed by atoms with Crippen molar-refractivity contribution in [1.82, 2.24) is 20.1 Å². The molecule has 0 saturated heterocycles. The molecule has 0 radical (unpaired) electrons. The minimum absolute atomic E-state index is 0.144. The molecular weight excluding hydrogens is 238 g/mol. The molecule has 96 valence electrons. The number of nitrogens with one attached hydrogen (secondary N) is 1. The zero-order valence-corrected chi connectivity index (χ0v) is 11.2. The van der Waals surface area contributed by atoms with Crippen LogP contribution in [0.4, 0.5) is 0 Å². The molecule has 0 aliphatic heterocycles. The van der Waals surface area contributed by atoms with E-state index in [2.05, 4.69) is 15.5 Å². The average molecular weight is 257 g/mol. The van der Waals surface area contributed by atoms with Gasteiger partial charge in [0.1, 0.15) is 6.33 Å². The van der Waals surface area contributed by atoms with Crippen molar-refractivity contribution in [2.45, 2.75) is 25.4 Å². The van der Waals surface area contributed by atoms with E-state index in [0.717, 1.165) is 11.6 Å². The van der Waals surface area contributed by atoms with Crippen LogP contribution >= 0.6 is 11.8 Å². The molecule has 1 unspecified atom stereocenters. The second kappa shape index (κ2) is 6.61. The SMILES string of the molecule is CSCC[C@H](N)C(=O)NC(C)c1nncn1C. The van der Waals surface area contributed by atoms with Gasteiger partial charge in [0.25, 0.3) is 0 Å². The molecule has 6 nitrogen and oxygen atoms in total. The van der Waals surface area contributed by atoms with Gasteiger partial charge in [-0.2, -0.15) is 11.8 Å². The molecule has 0 aromatic carbocycles. The number of thioether (sulfide) groups is 1. The highest BCUT2D eigenvalue weighted by molar-refractivity contribution is 7.98. The van der Waals surface area contributed by atoms with E-state index in [-0.39, 0.29) is 11.9 Å². The van der Waals surface area contributed by atoms with Crippen molar-refractivity contribution in [1.29, 1.82) is 0 Å². The van der Waals surface area contributed by atoms with E-state index in [4.69, 9.17) is 5.73 Å². The Morgan fingerprint density at radius 2 is 2.41 bits per heavy atom. The minimum Gasteiger partial charge on any atom is -0.345 e. The predicted molar refractivity (Wildman–Crippen MR) is 68.5 cm³/mol. The molecule has 0 aliphatic rings. The number of hydrogen-bond donors (Lipinski definition) is 2. The van der Waals surface area contributed by atoms with Gasteiger partial charge in [-0.3, -0.25) is 4.79 Å². The highest BCUT2D eigenvalue weighted by atomic mass is 32.2. The summed E-state index contributed by atoms with van der Waals surface area (Å²) < 4.78 is 1.78. The molecule has 1 rings (SSSR count). The molecule has 1 heterocycles. The number of rotatable bonds is 6. The molecule has 0 saturated carbocycles. The monoisotopic (exact) mass is 257 g/mol. The van der Waals surface area contributed by atoms with Gasteiger partial charge in [0.05, 0.1) is 12.1 Å². The Morgan fingerprint density at radius 3 is 2.94 bits per heavy atom. The van der Waals surface area contributed by atoms with Crippen molar-refractivity contribution < 1.29 is 4.79 Å². The molecular formula is C10H19N5OS. The van der Waals surface area contributed by atoms with Gasteiger partial charge in [-0.1, -0.05) is 0 Å². The van der Waals surface area contributed by atoms with Crippen molar-refractivity contribution in [3.8, 4) is 0 Å². The number of amides is 1. The van der Waals surface area contributed by atoms with E-state index in [1.807, 2.05) is 20.2 Å². The summed E-state index contributed by atoms with van der Waals surface area (Å²) >= 11 is 1.68. The quantitative estimate of drug-likeness (QED) is 0.753. The lowest BCUT2D eigenvalue weighted by Gasteiger charge is -2.16. The van der Waals surface area contributed by atoms with Gasteiger partial charge in [0, 0.05) is 7.05 Å². The van der Waals surface area contributed by atoms with Crippen LogP contribution in [0.2, 0.25) is 0 Å². The summed E-state index contributed by atoms with van der Waals surface area (Å²) in [6.45, 7) is 1.86. The Balaban J connectivity index is 2.48. The fourth-order valence-electron chi connectivity index (χ4n) is 1.45. The van der Waals surface area contributed by atoms with E-state index < -0.39 is 6.04 Å². The van der Waals surface area contributed by atoms with E-state index in [0.29, 0.717) is 6.42 Å². The Kier molecular flexibility index (Phi) is 5.43. The van der Waals surface area contributed by atoms with Crippen LogP contribution < -0.4 is 11.1 Å². The molecule has 1 aromatic rings. The van der Waals surface area contributed by atoms with Crippen LogP contribution in [0.1, 0.15) is 25.2 Å². The summed E-state index contributed by atoms with van der Waals surface area (Å²) in [5, 5.41) is 10.6. The van der Waals surface area contributed by atoms with Gasteiger partial charge in [0.15, 0.2) is 5.82 Å². The maximum absolute atomic E-state index is 11.8. The van der Waals surface area contributed by atoms with Gasteiger partial charge in [0.2, 0.25) is 5.91 Å². The third-order valence-corrected chi connectivity index (χ3v) is 3.11. The van der Waals surface area contributed by atoms with Crippen LogP contribution in [-0.4, -0.2) is 38.7 Å². The van der Waals surface area contributed by atoms with Gasteiger partial charge in [-0.25, -0.2) is 0 Å². The maximum Gasteiger partial charge on any atom is 0.237 e. The number of carbonyl (C=O) groups is 1. The topological polar surface area (TPSA) is 85.8 Å². The van der Waals surface area contributed by atoms with Crippen molar-refractivity contribution in [2.75, 3.05) is 12.0 Å². The summed E-state index contributed by atoms with van der Waals surface area (Å²) in [6.07, 6.45) is 4.27. The fourth-order valence-corrected chi connectivity index (χ4v) is 1.93. The first kappa shape index (κ1) is 14.0. The van der Waals surface area contributed by atoms with Crippen molar-refractivity contribution in [3.05, 3.63) is 12.2 Å². The van der Waals surface area contributed by atoms with Gasteiger partial charge in [-0.05, 0) is 25.4 Å². The lowest BCUT2D eigenvalue weighted by molar-refractivity contribution is -0.123. The van der Waals surface area contributed by atoms with E-state index in [1.165, 1.54) is 0 Å². The smallest absolute Gasteiger partial charge is 0.237 e. The first-order valence-corrected chi connectivity index (χ1v) is 6.84. The minimum atomic E-state index is -0.460. The van der Waals surface area contributed by atoms with Crippen LogP contribution in [-0.2, 0) is 11.8 Å². The van der Waals surface area contributed by atoms with Gasteiger partial charge < -0.3 is 15.6 Å². The van der Waals surface area contributed by atoms with Crippen LogP contribution in [0.15, 0.2) is 6.33 Å². The fraction of sp³-hybridized carbons (Fsp3) is 0.700. The lowest BCUT2D eigenvalue weighted by Crippen LogP contribution is -2.42. The second-order valence-electron chi connectivity index (χ2n) is 3.92. The maximum atomic E-state index is 11.8. The van der Waals surface area contributed by atoms with Crippen LogP contribution in [0, 0.1) is 0 Å². The third-order valence-electron chi connectivity index (χ3n) is 2.46.